The second-order valence-corrected chi connectivity index (χ2v) is 5.27. The van der Waals surface area contributed by atoms with E-state index in [1.165, 1.54) is 0 Å². The third-order valence-electron chi connectivity index (χ3n) is 1.55. The molecular weight excluding hydrogens is 219 g/mol. The zero-order valence-corrected chi connectivity index (χ0v) is 10.1. The molecule has 0 saturated heterocycles. The Morgan fingerprint density at radius 2 is 1.86 bits per heavy atom. The van der Waals surface area contributed by atoms with Crippen LogP contribution in [0.2, 0.25) is 10.0 Å². The van der Waals surface area contributed by atoms with E-state index in [0.29, 0.717) is 22.4 Å². The molecule has 1 nitrogen and oxygen atoms in total. The lowest BCUT2D eigenvalue weighted by Crippen LogP contribution is -2.16. The molecule has 0 saturated carbocycles. The lowest BCUT2D eigenvalue weighted by molar-refractivity contribution is 0.198. The Labute approximate surface area is 95.0 Å². The van der Waals surface area contributed by atoms with Crippen molar-refractivity contribution >= 4 is 23.2 Å². The maximum Gasteiger partial charge on any atom is 0.138 e. The maximum absolute atomic E-state index is 5.95. The first-order valence-corrected chi connectivity index (χ1v) is 5.22. The van der Waals surface area contributed by atoms with E-state index in [1.54, 1.807) is 18.2 Å². The van der Waals surface area contributed by atoms with Crippen molar-refractivity contribution in [3.63, 3.8) is 0 Å². The van der Waals surface area contributed by atoms with Gasteiger partial charge < -0.3 is 4.74 Å². The van der Waals surface area contributed by atoms with Gasteiger partial charge in [-0.15, -0.1) is 0 Å². The number of rotatable bonds is 2. The van der Waals surface area contributed by atoms with E-state index in [1.807, 2.05) is 0 Å². The van der Waals surface area contributed by atoms with Gasteiger partial charge in [0, 0.05) is 5.02 Å². The molecule has 0 N–H and O–H groups in total. The lowest BCUT2D eigenvalue weighted by Gasteiger charge is -2.19. The van der Waals surface area contributed by atoms with Crippen molar-refractivity contribution in [3.8, 4) is 5.75 Å². The monoisotopic (exact) mass is 232 g/mol. The lowest BCUT2D eigenvalue weighted by atomic mass is 9.99. The smallest absolute Gasteiger partial charge is 0.138 e. The zero-order valence-electron chi connectivity index (χ0n) is 8.60. The van der Waals surface area contributed by atoms with Gasteiger partial charge in [0.25, 0.3) is 0 Å². The second kappa shape index (κ2) is 4.41. The van der Waals surface area contributed by atoms with Gasteiger partial charge in [-0.1, -0.05) is 44.0 Å². The van der Waals surface area contributed by atoms with Crippen molar-refractivity contribution in [1.29, 1.82) is 0 Å². The number of hydrogen-bond donors (Lipinski definition) is 0. The Kier molecular flexibility index (Phi) is 3.68. The van der Waals surface area contributed by atoms with Crippen LogP contribution in [-0.2, 0) is 0 Å². The van der Waals surface area contributed by atoms with E-state index in [2.05, 4.69) is 20.8 Å². The summed E-state index contributed by atoms with van der Waals surface area (Å²) in [5, 5.41) is 1.18. The Morgan fingerprint density at radius 3 is 2.36 bits per heavy atom. The van der Waals surface area contributed by atoms with Gasteiger partial charge in [-0.05, 0) is 23.6 Å². The summed E-state index contributed by atoms with van der Waals surface area (Å²) < 4.78 is 5.57. The van der Waals surface area contributed by atoms with E-state index >= 15 is 0 Å². The van der Waals surface area contributed by atoms with Crippen LogP contribution in [0.15, 0.2) is 18.2 Å². The second-order valence-electron chi connectivity index (χ2n) is 4.42. The van der Waals surface area contributed by atoms with Crippen molar-refractivity contribution in [1.82, 2.24) is 0 Å². The largest absolute Gasteiger partial charge is 0.491 e. The first kappa shape index (κ1) is 11.7. The summed E-state index contributed by atoms with van der Waals surface area (Å²) in [6, 6.07) is 5.24. The Morgan fingerprint density at radius 1 is 1.21 bits per heavy atom. The van der Waals surface area contributed by atoms with Gasteiger partial charge in [-0.2, -0.15) is 0 Å². The molecule has 0 fully saturated rings. The van der Waals surface area contributed by atoms with E-state index in [-0.39, 0.29) is 5.41 Å². The zero-order chi connectivity index (χ0) is 10.8. The molecule has 0 spiro atoms. The highest BCUT2D eigenvalue weighted by atomic mass is 35.5. The molecule has 0 amide bonds. The van der Waals surface area contributed by atoms with Crippen molar-refractivity contribution in [2.24, 2.45) is 5.41 Å². The van der Waals surface area contributed by atoms with E-state index in [0.717, 1.165) is 0 Å². The van der Waals surface area contributed by atoms with Crippen LogP contribution >= 0.6 is 23.2 Å². The molecule has 0 aliphatic heterocycles. The van der Waals surface area contributed by atoms with Gasteiger partial charge in [0.1, 0.15) is 5.75 Å². The van der Waals surface area contributed by atoms with Gasteiger partial charge >= 0.3 is 0 Å². The summed E-state index contributed by atoms with van der Waals surface area (Å²) >= 11 is 11.7. The van der Waals surface area contributed by atoms with Crippen LogP contribution in [0.5, 0.6) is 5.75 Å². The number of benzene rings is 1. The summed E-state index contributed by atoms with van der Waals surface area (Å²) in [6.07, 6.45) is 0. The fourth-order valence-corrected chi connectivity index (χ4v) is 1.35. The quantitative estimate of drug-likeness (QED) is 0.734. The molecule has 0 bridgehead atoms. The minimum Gasteiger partial charge on any atom is -0.491 e. The first-order chi connectivity index (χ1) is 6.38. The molecule has 0 unspecified atom stereocenters. The van der Waals surface area contributed by atoms with Crippen LogP contribution in [-0.4, -0.2) is 6.61 Å². The van der Waals surface area contributed by atoms with Gasteiger partial charge in [0.15, 0.2) is 0 Å². The van der Waals surface area contributed by atoms with Gasteiger partial charge in [-0.3, -0.25) is 0 Å². The summed E-state index contributed by atoms with van der Waals surface area (Å²) in [6.45, 7) is 6.96. The molecule has 1 aromatic rings. The summed E-state index contributed by atoms with van der Waals surface area (Å²) in [4.78, 5) is 0. The Hall–Kier alpha value is -0.400. The highest BCUT2D eigenvalue weighted by Gasteiger charge is 2.12. The van der Waals surface area contributed by atoms with Crippen LogP contribution < -0.4 is 4.74 Å². The van der Waals surface area contributed by atoms with Crippen LogP contribution in [0.4, 0.5) is 0 Å². The van der Waals surface area contributed by atoms with Crippen LogP contribution in [0.3, 0.4) is 0 Å². The molecule has 14 heavy (non-hydrogen) atoms. The van der Waals surface area contributed by atoms with Crippen molar-refractivity contribution in [3.05, 3.63) is 28.2 Å². The summed E-state index contributed by atoms with van der Waals surface area (Å²) in [5.41, 5.74) is 0.128. The first-order valence-electron chi connectivity index (χ1n) is 4.46. The standard InChI is InChI=1S/C11H14Cl2O/c1-11(2,3)7-14-10-5-4-8(12)6-9(10)13/h4-6H,7H2,1-3H3. The van der Waals surface area contributed by atoms with Crippen molar-refractivity contribution in [2.75, 3.05) is 6.61 Å². The van der Waals surface area contributed by atoms with Crippen LogP contribution in [0, 0.1) is 5.41 Å². The molecule has 3 heteroatoms. The minimum atomic E-state index is 0.128. The average Bonchev–Trinajstić information content (AvgIpc) is 2.00. The van der Waals surface area contributed by atoms with Crippen LogP contribution in [0.1, 0.15) is 20.8 Å². The van der Waals surface area contributed by atoms with Crippen LogP contribution in [0.25, 0.3) is 0 Å². The topological polar surface area (TPSA) is 9.23 Å². The normalized spacial score (nSPS) is 11.5. The molecule has 0 aliphatic rings. The highest BCUT2D eigenvalue weighted by molar-refractivity contribution is 6.35. The molecule has 0 heterocycles. The number of ether oxygens (including phenoxy) is 1. The fraction of sp³-hybridized carbons (Fsp3) is 0.455. The Balaban J connectivity index is 2.68. The third-order valence-corrected chi connectivity index (χ3v) is 2.09. The molecule has 0 radical (unpaired) electrons. The minimum absolute atomic E-state index is 0.128. The molecule has 78 valence electrons. The molecule has 0 aliphatic carbocycles. The van der Waals surface area contributed by atoms with E-state index in [4.69, 9.17) is 27.9 Å². The van der Waals surface area contributed by atoms with Gasteiger partial charge in [-0.25, -0.2) is 0 Å². The SMILES string of the molecule is CC(C)(C)COc1ccc(Cl)cc1Cl. The maximum atomic E-state index is 5.95. The van der Waals surface area contributed by atoms with E-state index in [9.17, 15) is 0 Å². The fourth-order valence-electron chi connectivity index (χ4n) is 0.887. The Bertz CT molecular complexity index is 316. The summed E-state index contributed by atoms with van der Waals surface area (Å²) in [5.74, 6) is 0.686. The average molecular weight is 233 g/mol. The van der Waals surface area contributed by atoms with Gasteiger partial charge in [0.05, 0.1) is 11.6 Å². The molecule has 1 rings (SSSR count). The third kappa shape index (κ3) is 3.77. The van der Waals surface area contributed by atoms with Crippen molar-refractivity contribution < 1.29 is 4.74 Å². The molecule has 1 aromatic carbocycles. The highest BCUT2D eigenvalue weighted by Crippen LogP contribution is 2.28. The number of hydrogen-bond acceptors (Lipinski definition) is 1. The molecule has 0 atom stereocenters. The molecule has 0 aromatic heterocycles. The number of halogens is 2. The van der Waals surface area contributed by atoms with Gasteiger partial charge in [0.2, 0.25) is 0 Å². The summed E-state index contributed by atoms with van der Waals surface area (Å²) in [7, 11) is 0. The van der Waals surface area contributed by atoms with Crippen molar-refractivity contribution in [2.45, 2.75) is 20.8 Å². The molecular formula is C11H14Cl2O. The predicted molar refractivity (Wildman–Crippen MR) is 61.4 cm³/mol. The van der Waals surface area contributed by atoms with E-state index < -0.39 is 0 Å². The predicted octanol–water partition coefficient (Wildman–Crippen LogP) is 4.42.